The predicted molar refractivity (Wildman–Crippen MR) is 97.3 cm³/mol. The predicted octanol–water partition coefficient (Wildman–Crippen LogP) is 2.36. The van der Waals surface area contributed by atoms with Crippen LogP contribution in [0.4, 0.5) is 5.69 Å². The lowest BCUT2D eigenvalue weighted by molar-refractivity contribution is -0.120. The van der Waals surface area contributed by atoms with Crippen molar-refractivity contribution in [3.63, 3.8) is 0 Å². The zero-order valence-electron chi connectivity index (χ0n) is 14.5. The zero-order valence-corrected chi connectivity index (χ0v) is 14.5. The highest BCUT2D eigenvalue weighted by Crippen LogP contribution is 2.12. The molecule has 1 amide bonds. The number of aromatic nitrogens is 1. The lowest BCUT2D eigenvalue weighted by Gasteiger charge is -2.20. The van der Waals surface area contributed by atoms with Gasteiger partial charge in [-0.2, -0.15) is 0 Å². The Balaban J connectivity index is 1.93. The van der Waals surface area contributed by atoms with E-state index >= 15 is 0 Å². The van der Waals surface area contributed by atoms with Crippen LogP contribution in [0.2, 0.25) is 0 Å². The third kappa shape index (κ3) is 5.35. The average Bonchev–Trinajstić information content (AvgIpc) is 2.60. The van der Waals surface area contributed by atoms with E-state index in [1.807, 2.05) is 12.1 Å². The molecule has 128 valence electrons. The first-order valence-corrected chi connectivity index (χ1v) is 8.38. The largest absolute Gasteiger partial charge is 0.397 e. The Morgan fingerprint density at radius 2 is 1.83 bits per heavy atom. The zero-order chi connectivity index (χ0) is 17.4. The van der Waals surface area contributed by atoms with Gasteiger partial charge >= 0.3 is 0 Å². The van der Waals surface area contributed by atoms with Gasteiger partial charge in [0.1, 0.15) is 0 Å². The van der Waals surface area contributed by atoms with E-state index in [-0.39, 0.29) is 12.3 Å². The van der Waals surface area contributed by atoms with Gasteiger partial charge in [-0.1, -0.05) is 38.1 Å². The van der Waals surface area contributed by atoms with Crippen LogP contribution in [0.25, 0.3) is 0 Å². The van der Waals surface area contributed by atoms with E-state index in [1.165, 1.54) is 5.56 Å². The number of hydrogen-bond acceptors (Lipinski definition) is 4. The summed E-state index contributed by atoms with van der Waals surface area (Å²) in [6.45, 7) is 7.78. The van der Waals surface area contributed by atoms with E-state index in [1.54, 1.807) is 18.3 Å². The number of amides is 1. The van der Waals surface area contributed by atoms with Gasteiger partial charge in [0.05, 0.1) is 18.3 Å². The lowest BCUT2D eigenvalue weighted by Crippen LogP contribution is -2.27. The first-order valence-electron chi connectivity index (χ1n) is 8.38. The highest BCUT2D eigenvalue weighted by atomic mass is 16.1. The van der Waals surface area contributed by atoms with E-state index in [0.717, 1.165) is 30.9 Å². The maximum absolute atomic E-state index is 12.1. The number of carbonyl (C=O) groups excluding carboxylic acids is 1. The SMILES string of the molecule is CCN(CC)Cc1ccccc1CNC(=O)Cc1ccc(N)cn1. The molecule has 24 heavy (non-hydrogen) atoms. The second-order valence-corrected chi connectivity index (χ2v) is 5.77. The molecule has 0 fully saturated rings. The normalized spacial score (nSPS) is 10.8. The summed E-state index contributed by atoms with van der Waals surface area (Å²) in [6.07, 6.45) is 1.83. The van der Waals surface area contributed by atoms with Gasteiger partial charge in [0.15, 0.2) is 0 Å². The van der Waals surface area contributed by atoms with Gasteiger partial charge in [0, 0.05) is 18.8 Å². The van der Waals surface area contributed by atoms with Crippen LogP contribution in [-0.2, 0) is 24.3 Å². The summed E-state index contributed by atoms with van der Waals surface area (Å²) in [7, 11) is 0. The number of nitrogens with two attached hydrogens (primary N) is 1. The second-order valence-electron chi connectivity index (χ2n) is 5.77. The van der Waals surface area contributed by atoms with Crippen LogP contribution in [0.15, 0.2) is 42.6 Å². The minimum absolute atomic E-state index is 0.0371. The second kappa shape index (κ2) is 9.03. The lowest BCUT2D eigenvalue weighted by atomic mass is 10.1. The number of nitrogens with zero attached hydrogens (tertiary/aromatic N) is 2. The molecule has 1 heterocycles. The van der Waals surface area contributed by atoms with Gasteiger partial charge in [-0.05, 0) is 36.3 Å². The number of rotatable bonds is 8. The fourth-order valence-corrected chi connectivity index (χ4v) is 2.53. The first kappa shape index (κ1) is 17.9. The molecule has 2 rings (SSSR count). The number of pyridine rings is 1. The van der Waals surface area contributed by atoms with Crippen molar-refractivity contribution in [2.75, 3.05) is 18.8 Å². The summed E-state index contributed by atoms with van der Waals surface area (Å²) in [5.74, 6) is -0.0371. The van der Waals surface area contributed by atoms with Crippen molar-refractivity contribution >= 4 is 11.6 Å². The topological polar surface area (TPSA) is 71.2 Å². The average molecular weight is 326 g/mol. The number of anilines is 1. The Morgan fingerprint density at radius 3 is 2.46 bits per heavy atom. The Kier molecular flexibility index (Phi) is 6.75. The molecule has 0 bridgehead atoms. The molecule has 0 atom stereocenters. The molecule has 0 radical (unpaired) electrons. The minimum atomic E-state index is -0.0371. The molecule has 1 aromatic heterocycles. The van der Waals surface area contributed by atoms with E-state index in [2.05, 4.69) is 41.2 Å². The van der Waals surface area contributed by atoms with Crippen LogP contribution in [0.3, 0.4) is 0 Å². The van der Waals surface area contributed by atoms with Crippen molar-refractivity contribution in [3.8, 4) is 0 Å². The summed E-state index contributed by atoms with van der Waals surface area (Å²) in [5.41, 5.74) is 9.34. The van der Waals surface area contributed by atoms with E-state index in [0.29, 0.717) is 12.2 Å². The summed E-state index contributed by atoms with van der Waals surface area (Å²) in [6, 6.07) is 11.8. The number of nitrogen functional groups attached to an aromatic ring is 1. The molecule has 0 unspecified atom stereocenters. The molecule has 5 heteroatoms. The maximum atomic E-state index is 12.1. The van der Waals surface area contributed by atoms with Crippen molar-refractivity contribution in [1.82, 2.24) is 15.2 Å². The molecule has 3 N–H and O–H groups in total. The van der Waals surface area contributed by atoms with Gasteiger partial charge in [0.2, 0.25) is 5.91 Å². The van der Waals surface area contributed by atoms with Gasteiger partial charge < -0.3 is 11.1 Å². The Bertz CT molecular complexity index is 651. The highest BCUT2D eigenvalue weighted by Gasteiger charge is 2.08. The molecule has 5 nitrogen and oxygen atoms in total. The monoisotopic (exact) mass is 326 g/mol. The molecule has 0 spiro atoms. The van der Waals surface area contributed by atoms with Crippen LogP contribution in [-0.4, -0.2) is 28.9 Å². The Labute approximate surface area is 143 Å². The van der Waals surface area contributed by atoms with Gasteiger partial charge in [-0.25, -0.2) is 0 Å². The van der Waals surface area contributed by atoms with Crippen LogP contribution in [0.5, 0.6) is 0 Å². The minimum Gasteiger partial charge on any atom is -0.397 e. The van der Waals surface area contributed by atoms with Crippen molar-refractivity contribution in [1.29, 1.82) is 0 Å². The van der Waals surface area contributed by atoms with Gasteiger partial charge in [0.25, 0.3) is 0 Å². The summed E-state index contributed by atoms with van der Waals surface area (Å²) in [4.78, 5) is 18.6. The third-order valence-corrected chi connectivity index (χ3v) is 4.07. The molecule has 0 saturated carbocycles. The first-order chi connectivity index (χ1) is 11.6. The van der Waals surface area contributed by atoms with Crippen molar-refractivity contribution in [2.24, 2.45) is 0 Å². The van der Waals surface area contributed by atoms with Gasteiger partial charge in [-0.15, -0.1) is 0 Å². The van der Waals surface area contributed by atoms with Crippen LogP contribution >= 0.6 is 0 Å². The molecular formula is C19H26N4O. The third-order valence-electron chi connectivity index (χ3n) is 4.07. The Morgan fingerprint density at radius 1 is 1.12 bits per heavy atom. The summed E-state index contributed by atoms with van der Waals surface area (Å²) in [5, 5.41) is 2.98. The molecular weight excluding hydrogens is 300 g/mol. The molecule has 0 aliphatic rings. The number of hydrogen-bond donors (Lipinski definition) is 2. The van der Waals surface area contributed by atoms with Crippen LogP contribution < -0.4 is 11.1 Å². The van der Waals surface area contributed by atoms with Crippen LogP contribution in [0, 0.1) is 0 Å². The molecule has 1 aromatic carbocycles. The number of nitrogens with one attached hydrogen (secondary N) is 1. The molecule has 0 aliphatic carbocycles. The quantitative estimate of drug-likeness (QED) is 0.781. The van der Waals surface area contributed by atoms with E-state index in [4.69, 9.17) is 5.73 Å². The van der Waals surface area contributed by atoms with Gasteiger partial charge in [-0.3, -0.25) is 14.7 Å². The summed E-state index contributed by atoms with van der Waals surface area (Å²) < 4.78 is 0. The van der Waals surface area contributed by atoms with Crippen molar-refractivity contribution in [3.05, 3.63) is 59.4 Å². The molecule has 2 aromatic rings. The number of carbonyl (C=O) groups is 1. The summed E-state index contributed by atoms with van der Waals surface area (Å²) >= 11 is 0. The Hall–Kier alpha value is -2.40. The standard InChI is InChI=1S/C19H26N4O/c1-3-23(4-2)14-16-8-6-5-7-15(16)12-22-19(24)11-18-10-9-17(20)13-21-18/h5-10,13H,3-4,11-12,14,20H2,1-2H3,(H,22,24). The highest BCUT2D eigenvalue weighted by molar-refractivity contribution is 5.78. The molecule has 0 aliphatic heterocycles. The van der Waals surface area contributed by atoms with Crippen molar-refractivity contribution in [2.45, 2.75) is 33.4 Å². The van der Waals surface area contributed by atoms with Crippen molar-refractivity contribution < 1.29 is 4.79 Å². The maximum Gasteiger partial charge on any atom is 0.226 e. The fourth-order valence-electron chi connectivity index (χ4n) is 2.53. The van der Waals surface area contributed by atoms with E-state index < -0.39 is 0 Å². The van der Waals surface area contributed by atoms with E-state index in [9.17, 15) is 4.79 Å². The van der Waals surface area contributed by atoms with Crippen LogP contribution in [0.1, 0.15) is 30.7 Å². The number of benzene rings is 1. The fraction of sp³-hybridized carbons (Fsp3) is 0.368. The molecule has 0 saturated heterocycles. The smallest absolute Gasteiger partial charge is 0.226 e.